The Labute approximate surface area is 280 Å². The van der Waals surface area contributed by atoms with Gasteiger partial charge in [0.25, 0.3) is 0 Å². The van der Waals surface area contributed by atoms with Gasteiger partial charge in [0.05, 0.1) is 0 Å². The van der Waals surface area contributed by atoms with Crippen molar-refractivity contribution >= 4 is 6.58 Å². The van der Waals surface area contributed by atoms with Crippen molar-refractivity contribution in [2.75, 3.05) is 0 Å². The molecule has 1 unspecified atom stereocenters. The van der Waals surface area contributed by atoms with E-state index in [4.69, 9.17) is 0 Å². The molecule has 0 saturated carbocycles. The Morgan fingerprint density at radius 2 is 1.18 bits per heavy atom. The van der Waals surface area contributed by atoms with Gasteiger partial charge in [-0.15, -0.1) is 0 Å². The first-order chi connectivity index (χ1) is 21.1. The summed E-state index contributed by atoms with van der Waals surface area (Å²) in [6, 6.07) is 35.2. The summed E-state index contributed by atoms with van der Waals surface area (Å²) < 4.78 is 5.01. The molecule has 1 heteroatoms. The molecule has 2 aliphatic rings. The number of rotatable bonds is 4. The van der Waals surface area contributed by atoms with Gasteiger partial charge in [-0.05, 0) is 0 Å². The van der Waals surface area contributed by atoms with E-state index in [0.717, 1.165) is 6.42 Å². The Balaban J connectivity index is 1.75. The number of allylic oxidation sites excluding steroid dienone is 4. The first kappa shape index (κ1) is 32.1. The van der Waals surface area contributed by atoms with Gasteiger partial charge in [0, 0.05) is 0 Å². The van der Waals surface area contributed by atoms with Crippen LogP contribution in [0.1, 0.15) is 103 Å². The van der Waals surface area contributed by atoms with Gasteiger partial charge >= 0.3 is 282 Å². The fraction of sp³-hybridized carbons (Fsp3) is 0.341. The van der Waals surface area contributed by atoms with Gasteiger partial charge in [0.2, 0.25) is 0 Å². The second-order valence-electron chi connectivity index (χ2n) is 16.3. The van der Waals surface area contributed by atoms with Crippen LogP contribution in [0.5, 0.6) is 0 Å². The zero-order chi connectivity index (χ0) is 32.3. The first-order valence-electron chi connectivity index (χ1n) is 16.7. The monoisotopic (exact) mass is 758 g/mol. The molecule has 0 amide bonds. The van der Waals surface area contributed by atoms with Gasteiger partial charge in [0.15, 0.2) is 0 Å². The van der Waals surface area contributed by atoms with Crippen LogP contribution >= 0.6 is 0 Å². The SMILES string of the molecule is CC1C=C(C(C)(C)C)C=[C]1[Hf](=[C](c1ccccc1)c1ccccc1)[c]1cc(C(C)(C)C)cc2c1Cc1ccc(C(C)(C)C)cc1-2. The van der Waals surface area contributed by atoms with E-state index in [0.29, 0.717) is 5.92 Å². The number of benzene rings is 4. The quantitative estimate of drug-likeness (QED) is 0.160. The molecule has 4 aromatic rings. The van der Waals surface area contributed by atoms with Crippen molar-refractivity contribution in [1.82, 2.24) is 0 Å². The van der Waals surface area contributed by atoms with Crippen LogP contribution in [0.2, 0.25) is 0 Å². The van der Waals surface area contributed by atoms with Crippen LogP contribution in [0.15, 0.2) is 112 Å². The molecule has 0 aliphatic heterocycles. The predicted molar refractivity (Wildman–Crippen MR) is 193 cm³/mol. The van der Waals surface area contributed by atoms with Gasteiger partial charge in [-0.25, -0.2) is 0 Å². The summed E-state index contributed by atoms with van der Waals surface area (Å²) in [7, 11) is 0. The summed E-state index contributed by atoms with van der Waals surface area (Å²) >= 11 is -3.10. The van der Waals surface area contributed by atoms with Crippen molar-refractivity contribution < 1.29 is 21.0 Å². The first-order valence-corrected chi connectivity index (χ1v) is 22.1. The van der Waals surface area contributed by atoms with Gasteiger partial charge in [-0.3, -0.25) is 0 Å². The van der Waals surface area contributed by atoms with E-state index in [2.05, 4.69) is 172 Å². The average molecular weight is 757 g/mol. The molecular formula is C44H50Hf. The van der Waals surface area contributed by atoms with Crippen molar-refractivity contribution in [3.05, 3.63) is 145 Å². The normalized spacial score (nSPS) is 16.2. The molecule has 6 rings (SSSR count). The number of hydrogen-bond donors (Lipinski definition) is 0. The topological polar surface area (TPSA) is 0 Å². The van der Waals surface area contributed by atoms with Crippen molar-refractivity contribution in [2.24, 2.45) is 11.3 Å². The molecule has 0 nitrogen and oxygen atoms in total. The van der Waals surface area contributed by atoms with Crippen molar-refractivity contribution in [2.45, 2.75) is 86.5 Å². The molecule has 45 heavy (non-hydrogen) atoms. The summed E-state index contributed by atoms with van der Waals surface area (Å²) in [6.45, 7) is 23.8. The maximum atomic E-state index is 2.67. The third kappa shape index (κ3) is 6.27. The van der Waals surface area contributed by atoms with E-state index >= 15 is 0 Å². The van der Waals surface area contributed by atoms with E-state index in [-0.39, 0.29) is 16.2 Å². The van der Waals surface area contributed by atoms with Gasteiger partial charge in [-0.2, -0.15) is 0 Å². The third-order valence-corrected chi connectivity index (χ3v) is 21.4. The van der Waals surface area contributed by atoms with Crippen molar-refractivity contribution in [3.8, 4) is 11.1 Å². The summed E-state index contributed by atoms with van der Waals surface area (Å²) in [6.07, 6.45) is 6.25. The summed E-state index contributed by atoms with van der Waals surface area (Å²) in [5.41, 5.74) is 13.5. The Morgan fingerprint density at radius 3 is 1.69 bits per heavy atom. The van der Waals surface area contributed by atoms with Crippen LogP contribution in [0, 0.1) is 11.3 Å². The Kier molecular flexibility index (Phi) is 8.35. The Bertz CT molecular complexity index is 1800. The Morgan fingerprint density at radius 1 is 0.622 bits per heavy atom. The zero-order valence-corrected chi connectivity index (χ0v) is 32.7. The fourth-order valence-electron chi connectivity index (χ4n) is 6.97. The molecule has 0 fully saturated rings. The summed E-state index contributed by atoms with van der Waals surface area (Å²) in [5, 5.41) is 0. The Hall–Kier alpha value is -2.90. The molecule has 0 saturated heterocycles. The minimum atomic E-state index is -3.10. The van der Waals surface area contributed by atoms with Crippen molar-refractivity contribution in [1.29, 1.82) is 0 Å². The van der Waals surface area contributed by atoms with Gasteiger partial charge in [0.1, 0.15) is 0 Å². The van der Waals surface area contributed by atoms with Crippen LogP contribution in [0.3, 0.4) is 0 Å². The van der Waals surface area contributed by atoms with Crippen LogP contribution < -0.4 is 3.32 Å². The molecule has 0 aromatic heterocycles. The second-order valence-corrected chi connectivity index (χ2v) is 24.8. The molecule has 0 N–H and O–H groups in total. The van der Waals surface area contributed by atoms with E-state index in [9.17, 15) is 0 Å². The van der Waals surface area contributed by atoms with E-state index in [1.807, 2.05) is 0 Å². The molecule has 0 heterocycles. The van der Waals surface area contributed by atoms with Crippen LogP contribution in [0.25, 0.3) is 11.1 Å². The molecule has 0 radical (unpaired) electrons. The second kappa shape index (κ2) is 11.7. The molecule has 0 spiro atoms. The third-order valence-electron chi connectivity index (χ3n) is 9.78. The van der Waals surface area contributed by atoms with E-state index < -0.39 is 21.0 Å². The van der Waals surface area contributed by atoms with Crippen molar-refractivity contribution in [3.63, 3.8) is 0 Å². The molecular weight excluding hydrogens is 707 g/mol. The number of hydrogen-bond acceptors (Lipinski definition) is 0. The average Bonchev–Trinajstić information content (AvgIpc) is 3.55. The van der Waals surface area contributed by atoms with Crippen LogP contribution in [-0.4, -0.2) is 3.26 Å². The number of fused-ring (bicyclic) bond motifs is 3. The summed E-state index contributed by atoms with van der Waals surface area (Å²) in [4.78, 5) is 0. The van der Waals surface area contributed by atoms with Crippen LogP contribution in [-0.2, 0) is 38.2 Å². The maximum absolute atomic E-state index is 3.10. The molecule has 1 atom stereocenters. The van der Waals surface area contributed by atoms with E-state index in [1.54, 1.807) is 15.5 Å². The van der Waals surface area contributed by atoms with Gasteiger partial charge in [-0.1, -0.05) is 0 Å². The minimum absolute atomic E-state index is 0.0508. The standard InChI is InChI=1S/C21H25.C13H10.C10H15.Hf/c1-20(2,3)16-9-7-14-11-15-8-10-17(21(4,5)6)13-19(15)18(14)12-16;1-3-7-12(8-4-1)11-13-9-5-2-6-10-13;1-8-5-6-9(7-8)10(2,3)4;/h7,9-10,12-13H,11H2,1-6H3;1-10H;6-8H,1-4H3;. The predicted octanol–water partition coefficient (Wildman–Crippen LogP) is 10.9. The van der Waals surface area contributed by atoms with Gasteiger partial charge < -0.3 is 0 Å². The molecule has 230 valence electrons. The zero-order valence-electron chi connectivity index (χ0n) is 29.1. The molecule has 4 aromatic carbocycles. The molecule has 0 bridgehead atoms. The fourth-order valence-corrected chi connectivity index (χ4v) is 19.3. The van der Waals surface area contributed by atoms with Crippen LogP contribution in [0.4, 0.5) is 0 Å². The van der Waals surface area contributed by atoms with E-state index in [1.165, 1.54) is 44.5 Å². The molecule has 2 aliphatic carbocycles. The summed E-state index contributed by atoms with van der Waals surface area (Å²) in [5.74, 6) is 0.439.